The molecule has 148 valence electrons. The fourth-order valence-corrected chi connectivity index (χ4v) is 2.67. The highest BCUT2D eigenvalue weighted by molar-refractivity contribution is 6.06. The second-order valence-corrected chi connectivity index (χ2v) is 6.10. The van der Waals surface area contributed by atoms with Crippen LogP contribution in [0.5, 0.6) is 11.5 Å². The molecule has 3 rings (SSSR count). The minimum atomic E-state index is -0.354. The fourth-order valence-electron chi connectivity index (χ4n) is 2.67. The fraction of sp³-hybridized carbons (Fsp3) is 0.136. The van der Waals surface area contributed by atoms with Gasteiger partial charge in [-0.25, -0.2) is 0 Å². The topological polar surface area (TPSA) is 89.5 Å². The van der Waals surface area contributed by atoms with E-state index in [9.17, 15) is 9.59 Å². The number of hydrogen-bond acceptors (Lipinski definition) is 5. The van der Waals surface area contributed by atoms with E-state index in [1.165, 1.54) is 7.11 Å². The molecule has 0 fully saturated rings. The Morgan fingerprint density at radius 1 is 0.897 bits per heavy atom. The van der Waals surface area contributed by atoms with E-state index in [0.29, 0.717) is 34.9 Å². The SMILES string of the molecule is COc1ccc(NC(=O)c2cccc(C(=O)NCc3ccccn3)c2)c(OC)c1. The van der Waals surface area contributed by atoms with Crippen LogP contribution in [-0.2, 0) is 6.54 Å². The predicted octanol–water partition coefficient (Wildman–Crippen LogP) is 3.28. The highest BCUT2D eigenvalue weighted by Gasteiger charge is 2.13. The zero-order valence-corrected chi connectivity index (χ0v) is 16.1. The van der Waals surface area contributed by atoms with Gasteiger partial charge in [-0.3, -0.25) is 14.6 Å². The highest BCUT2D eigenvalue weighted by Crippen LogP contribution is 2.29. The molecule has 7 heteroatoms. The summed E-state index contributed by atoms with van der Waals surface area (Å²) in [7, 11) is 3.06. The van der Waals surface area contributed by atoms with Crippen molar-refractivity contribution in [2.24, 2.45) is 0 Å². The van der Waals surface area contributed by atoms with Crippen molar-refractivity contribution in [3.8, 4) is 11.5 Å². The average molecular weight is 391 g/mol. The highest BCUT2D eigenvalue weighted by atomic mass is 16.5. The van der Waals surface area contributed by atoms with Gasteiger partial charge < -0.3 is 20.1 Å². The average Bonchev–Trinajstić information content (AvgIpc) is 2.78. The third kappa shape index (κ3) is 5.10. The third-order valence-corrected chi connectivity index (χ3v) is 4.20. The van der Waals surface area contributed by atoms with Crippen molar-refractivity contribution in [3.05, 3.63) is 83.7 Å². The molecule has 0 spiro atoms. The molecular weight excluding hydrogens is 370 g/mol. The Bertz CT molecular complexity index is 1010. The lowest BCUT2D eigenvalue weighted by Gasteiger charge is -2.12. The maximum atomic E-state index is 12.7. The maximum Gasteiger partial charge on any atom is 0.255 e. The van der Waals surface area contributed by atoms with Gasteiger partial charge in [-0.05, 0) is 42.5 Å². The molecule has 0 bridgehead atoms. The van der Waals surface area contributed by atoms with Crippen LogP contribution in [0.3, 0.4) is 0 Å². The minimum Gasteiger partial charge on any atom is -0.497 e. The first-order chi connectivity index (χ1) is 14.1. The molecule has 1 heterocycles. The molecule has 2 aromatic carbocycles. The van der Waals surface area contributed by atoms with E-state index in [-0.39, 0.29) is 11.8 Å². The first-order valence-electron chi connectivity index (χ1n) is 8.92. The minimum absolute atomic E-state index is 0.285. The summed E-state index contributed by atoms with van der Waals surface area (Å²) in [6, 6.07) is 17.1. The quantitative estimate of drug-likeness (QED) is 0.645. The van der Waals surface area contributed by atoms with Gasteiger partial charge in [0.15, 0.2) is 0 Å². The monoisotopic (exact) mass is 391 g/mol. The lowest BCUT2D eigenvalue weighted by molar-refractivity contribution is 0.0950. The van der Waals surface area contributed by atoms with Crippen molar-refractivity contribution < 1.29 is 19.1 Å². The number of rotatable bonds is 7. The van der Waals surface area contributed by atoms with E-state index in [1.54, 1.807) is 55.8 Å². The summed E-state index contributed by atoms with van der Waals surface area (Å²) < 4.78 is 10.5. The van der Waals surface area contributed by atoms with Gasteiger partial charge in [0.25, 0.3) is 11.8 Å². The van der Waals surface area contributed by atoms with Gasteiger partial charge >= 0.3 is 0 Å². The van der Waals surface area contributed by atoms with Gasteiger partial charge in [0.2, 0.25) is 0 Å². The number of benzene rings is 2. The molecule has 0 atom stereocenters. The first-order valence-corrected chi connectivity index (χ1v) is 8.92. The summed E-state index contributed by atoms with van der Waals surface area (Å²) in [4.78, 5) is 29.2. The number of hydrogen-bond donors (Lipinski definition) is 2. The number of methoxy groups -OCH3 is 2. The maximum absolute atomic E-state index is 12.7. The summed E-state index contributed by atoms with van der Waals surface area (Å²) >= 11 is 0. The molecule has 2 N–H and O–H groups in total. The largest absolute Gasteiger partial charge is 0.497 e. The summed E-state index contributed by atoms with van der Waals surface area (Å²) in [6.07, 6.45) is 1.67. The predicted molar refractivity (Wildman–Crippen MR) is 109 cm³/mol. The number of carbonyl (C=O) groups excluding carboxylic acids is 2. The molecule has 0 aliphatic heterocycles. The van der Waals surface area contributed by atoms with Crippen LogP contribution in [0.1, 0.15) is 26.4 Å². The molecule has 0 unspecified atom stereocenters. The number of ether oxygens (including phenoxy) is 2. The lowest BCUT2D eigenvalue weighted by atomic mass is 10.1. The van der Waals surface area contributed by atoms with Gasteiger partial charge in [-0.2, -0.15) is 0 Å². The van der Waals surface area contributed by atoms with Crippen LogP contribution in [0.4, 0.5) is 5.69 Å². The van der Waals surface area contributed by atoms with Crippen molar-refractivity contribution in [1.82, 2.24) is 10.3 Å². The number of nitrogens with one attached hydrogen (secondary N) is 2. The summed E-state index contributed by atoms with van der Waals surface area (Å²) in [5, 5.41) is 5.59. The lowest BCUT2D eigenvalue weighted by Crippen LogP contribution is -2.23. The Hall–Kier alpha value is -3.87. The standard InChI is InChI=1S/C22H21N3O4/c1-28-18-9-10-19(20(13-18)29-2)25-22(27)16-7-5-6-15(12-16)21(26)24-14-17-8-3-4-11-23-17/h3-13H,14H2,1-2H3,(H,24,26)(H,25,27). The van der Waals surface area contributed by atoms with Gasteiger partial charge in [0.05, 0.1) is 32.1 Å². The number of aromatic nitrogens is 1. The van der Waals surface area contributed by atoms with Crippen molar-refractivity contribution in [3.63, 3.8) is 0 Å². The second kappa shape index (κ2) is 9.36. The van der Waals surface area contributed by atoms with Crippen LogP contribution < -0.4 is 20.1 Å². The first kappa shape index (κ1) is 19.9. The van der Waals surface area contributed by atoms with E-state index in [1.807, 2.05) is 18.2 Å². The Morgan fingerprint density at radius 2 is 1.69 bits per heavy atom. The summed E-state index contributed by atoms with van der Waals surface area (Å²) in [5.74, 6) is 0.452. The van der Waals surface area contributed by atoms with Crippen molar-refractivity contribution >= 4 is 17.5 Å². The van der Waals surface area contributed by atoms with Crippen LogP contribution in [0, 0.1) is 0 Å². The van der Waals surface area contributed by atoms with E-state index < -0.39 is 0 Å². The molecule has 0 aliphatic carbocycles. The normalized spacial score (nSPS) is 10.1. The van der Waals surface area contributed by atoms with Gasteiger partial charge in [0, 0.05) is 23.4 Å². The number of nitrogens with zero attached hydrogens (tertiary/aromatic N) is 1. The second-order valence-electron chi connectivity index (χ2n) is 6.10. The van der Waals surface area contributed by atoms with Crippen LogP contribution >= 0.6 is 0 Å². The van der Waals surface area contributed by atoms with Gasteiger partial charge in [-0.1, -0.05) is 12.1 Å². The van der Waals surface area contributed by atoms with Crippen LogP contribution in [0.2, 0.25) is 0 Å². The molecule has 0 radical (unpaired) electrons. The van der Waals surface area contributed by atoms with Gasteiger partial charge in [-0.15, -0.1) is 0 Å². The van der Waals surface area contributed by atoms with Crippen LogP contribution in [0.25, 0.3) is 0 Å². The smallest absolute Gasteiger partial charge is 0.255 e. The molecule has 7 nitrogen and oxygen atoms in total. The number of amides is 2. The Labute approximate surface area is 168 Å². The number of carbonyl (C=O) groups is 2. The van der Waals surface area contributed by atoms with Crippen molar-refractivity contribution in [2.45, 2.75) is 6.54 Å². The van der Waals surface area contributed by atoms with E-state index in [0.717, 1.165) is 5.69 Å². The number of pyridine rings is 1. The van der Waals surface area contributed by atoms with Gasteiger partial charge in [0.1, 0.15) is 11.5 Å². The van der Waals surface area contributed by atoms with Crippen molar-refractivity contribution in [2.75, 3.05) is 19.5 Å². The Morgan fingerprint density at radius 3 is 2.38 bits per heavy atom. The molecule has 0 saturated carbocycles. The molecule has 2 amide bonds. The third-order valence-electron chi connectivity index (χ3n) is 4.20. The molecule has 3 aromatic rings. The van der Waals surface area contributed by atoms with Crippen LogP contribution in [0.15, 0.2) is 66.9 Å². The van der Waals surface area contributed by atoms with Crippen molar-refractivity contribution in [1.29, 1.82) is 0 Å². The van der Waals surface area contributed by atoms with E-state index in [2.05, 4.69) is 15.6 Å². The zero-order chi connectivity index (χ0) is 20.6. The van der Waals surface area contributed by atoms with E-state index in [4.69, 9.17) is 9.47 Å². The Balaban J connectivity index is 1.70. The molecule has 0 aliphatic rings. The number of anilines is 1. The van der Waals surface area contributed by atoms with E-state index >= 15 is 0 Å². The molecule has 1 aromatic heterocycles. The summed E-state index contributed by atoms with van der Waals surface area (Å²) in [6.45, 7) is 0.305. The Kier molecular flexibility index (Phi) is 6.42. The summed E-state index contributed by atoms with van der Waals surface area (Å²) in [5.41, 5.74) is 1.99. The molecule has 29 heavy (non-hydrogen) atoms. The zero-order valence-electron chi connectivity index (χ0n) is 16.1. The van der Waals surface area contributed by atoms with Crippen LogP contribution in [-0.4, -0.2) is 31.0 Å². The molecule has 0 saturated heterocycles. The molecular formula is C22H21N3O4.